The van der Waals surface area contributed by atoms with E-state index in [0.29, 0.717) is 4.83 Å². The van der Waals surface area contributed by atoms with E-state index in [4.69, 9.17) is 0 Å². The van der Waals surface area contributed by atoms with Crippen LogP contribution in [-0.2, 0) is 0 Å². The van der Waals surface area contributed by atoms with Crippen molar-refractivity contribution in [3.63, 3.8) is 0 Å². The van der Waals surface area contributed by atoms with Crippen molar-refractivity contribution in [2.45, 2.75) is 68.6 Å². The van der Waals surface area contributed by atoms with E-state index in [1.807, 2.05) is 0 Å². The Kier molecular flexibility index (Phi) is 10.0. The molecule has 0 rings (SSSR count). The Hall–Kier alpha value is 1.21. The monoisotopic (exact) mass is 388 g/mol. The number of alkyl halides is 2. The molecule has 0 saturated heterocycles. The van der Waals surface area contributed by atoms with Gasteiger partial charge in [0.1, 0.15) is 0 Å². The van der Waals surface area contributed by atoms with E-state index in [1.54, 1.807) is 0 Å². The second kappa shape index (κ2) is 9.26. The van der Waals surface area contributed by atoms with Gasteiger partial charge in [-0.15, -0.1) is 0 Å². The van der Waals surface area contributed by atoms with E-state index < -0.39 is 0 Å². The molecule has 0 radical (unpaired) electrons. The lowest BCUT2D eigenvalue weighted by molar-refractivity contribution is 0.380. The summed E-state index contributed by atoms with van der Waals surface area (Å²) >= 11 is 6.26. The molecule has 0 N–H and O–H groups in total. The lowest BCUT2D eigenvalue weighted by atomic mass is 9.90. The standard InChI is InChI=1S/C13H26BrI/c1-5-6-10(2)7-8-13(12(4)15)9-11(3)14/h10-13H,5-9H2,1-4H3. The first kappa shape index (κ1) is 16.2. The molecule has 0 amide bonds. The van der Waals surface area contributed by atoms with Crippen LogP contribution < -0.4 is 0 Å². The minimum Gasteiger partial charge on any atom is -0.0894 e. The second-order valence-electron chi connectivity index (χ2n) is 4.93. The average molecular weight is 389 g/mol. The summed E-state index contributed by atoms with van der Waals surface area (Å²) < 4.78 is 0.802. The van der Waals surface area contributed by atoms with Crippen LogP contribution in [0.25, 0.3) is 0 Å². The van der Waals surface area contributed by atoms with Crippen LogP contribution in [0.2, 0.25) is 0 Å². The highest BCUT2D eigenvalue weighted by Gasteiger charge is 2.17. The van der Waals surface area contributed by atoms with Crippen LogP contribution in [0.5, 0.6) is 0 Å². The van der Waals surface area contributed by atoms with Gasteiger partial charge in [0.2, 0.25) is 0 Å². The molecule has 0 aromatic carbocycles. The molecular formula is C13H26BrI. The van der Waals surface area contributed by atoms with E-state index in [9.17, 15) is 0 Å². The van der Waals surface area contributed by atoms with Gasteiger partial charge in [-0.1, -0.05) is 85.5 Å². The molecular weight excluding hydrogens is 363 g/mol. The summed E-state index contributed by atoms with van der Waals surface area (Å²) in [6.45, 7) is 9.30. The van der Waals surface area contributed by atoms with Crippen molar-refractivity contribution in [1.29, 1.82) is 0 Å². The lowest BCUT2D eigenvalue weighted by Crippen LogP contribution is -2.15. The van der Waals surface area contributed by atoms with E-state index in [-0.39, 0.29) is 0 Å². The molecule has 0 fully saturated rings. The van der Waals surface area contributed by atoms with Crippen LogP contribution in [0.1, 0.15) is 59.8 Å². The van der Waals surface area contributed by atoms with Crippen LogP contribution in [0, 0.1) is 11.8 Å². The number of rotatable bonds is 8. The van der Waals surface area contributed by atoms with E-state index in [1.165, 1.54) is 32.1 Å². The predicted octanol–water partition coefficient (Wildman–Crippen LogP) is 5.82. The maximum atomic E-state index is 3.68. The highest BCUT2D eigenvalue weighted by molar-refractivity contribution is 14.1. The topological polar surface area (TPSA) is 0 Å². The molecule has 15 heavy (non-hydrogen) atoms. The molecule has 4 atom stereocenters. The molecule has 0 aromatic heterocycles. The highest BCUT2D eigenvalue weighted by atomic mass is 127. The van der Waals surface area contributed by atoms with E-state index in [2.05, 4.69) is 66.2 Å². The fourth-order valence-corrected chi connectivity index (χ4v) is 3.22. The maximum Gasteiger partial charge on any atom is 0.0120 e. The number of hydrogen-bond acceptors (Lipinski definition) is 0. The van der Waals surface area contributed by atoms with Crippen LogP contribution in [0.3, 0.4) is 0 Å². The first-order valence-electron chi connectivity index (χ1n) is 6.25. The summed E-state index contributed by atoms with van der Waals surface area (Å²) in [5.74, 6) is 1.80. The molecule has 4 unspecified atom stereocenters. The Balaban J connectivity index is 3.85. The number of halogens is 2. The second-order valence-corrected chi connectivity index (χ2v) is 8.45. The molecule has 0 aliphatic heterocycles. The first-order valence-corrected chi connectivity index (χ1v) is 8.41. The summed E-state index contributed by atoms with van der Waals surface area (Å²) in [6, 6.07) is 0. The minimum absolute atomic E-state index is 0.668. The highest BCUT2D eigenvalue weighted by Crippen LogP contribution is 2.28. The van der Waals surface area contributed by atoms with Gasteiger partial charge >= 0.3 is 0 Å². The smallest absolute Gasteiger partial charge is 0.0120 e. The third-order valence-corrected chi connectivity index (χ3v) is 4.48. The fourth-order valence-electron chi connectivity index (χ4n) is 2.09. The van der Waals surface area contributed by atoms with Gasteiger partial charge in [-0.3, -0.25) is 0 Å². The molecule has 0 bridgehead atoms. The fraction of sp³-hybridized carbons (Fsp3) is 1.00. The van der Waals surface area contributed by atoms with Crippen molar-refractivity contribution in [2.24, 2.45) is 11.8 Å². The molecule has 0 nitrogen and oxygen atoms in total. The third-order valence-electron chi connectivity index (χ3n) is 3.09. The zero-order valence-electron chi connectivity index (χ0n) is 10.6. The van der Waals surface area contributed by atoms with Gasteiger partial charge in [0.05, 0.1) is 0 Å². The van der Waals surface area contributed by atoms with E-state index >= 15 is 0 Å². The van der Waals surface area contributed by atoms with Crippen molar-refractivity contribution >= 4 is 38.5 Å². The SMILES string of the molecule is CCCC(C)CCC(CC(C)Br)C(C)I. The van der Waals surface area contributed by atoms with Crippen molar-refractivity contribution < 1.29 is 0 Å². The average Bonchev–Trinajstić information content (AvgIpc) is 2.11. The van der Waals surface area contributed by atoms with Gasteiger partial charge in [-0.05, 0) is 24.7 Å². The Morgan fingerprint density at radius 2 is 1.67 bits per heavy atom. The van der Waals surface area contributed by atoms with Crippen molar-refractivity contribution in [1.82, 2.24) is 0 Å². The zero-order chi connectivity index (χ0) is 11.8. The molecule has 0 spiro atoms. The van der Waals surface area contributed by atoms with Gasteiger partial charge in [0.25, 0.3) is 0 Å². The molecule has 92 valence electrons. The van der Waals surface area contributed by atoms with Crippen molar-refractivity contribution in [2.75, 3.05) is 0 Å². The molecule has 0 aliphatic carbocycles. The van der Waals surface area contributed by atoms with Crippen molar-refractivity contribution in [3.8, 4) is 0 Å². The predicted molar refractivity (Wildman–Crippen MR) is 83.3 cm³/mol. The molecule has 0 heterocycles. The molecule has 0 aromatic rings. The zero-order valence-corrected chi connectivity index (χ0v) is 14.3. The summed E-state index contributed by atoms with van der Waals surface area (Å²) in [5.41, 5.74) is 0. The maximum absolute atomic E-state index is 3.68. The van der Waals surface area contributed by atoms with Gasteiger partial charge in [0.15, 0.2) is 0 Å². The van der Waals surface area contributed by atoms with E-state index in [0.717, 1.165) is 15.8 Å². The summed E-state index contributed by atoms with van der Waals surface area (Å²) in [6.07, 6.45) is 6.86. The van der Waals surface area contributed by atoms with Crippen LogP contribution in [-0.4, -0.2) is 8.75 Å². The lowest BCUT2D eigenvalue weighted by Gasteiger charge is -2.22. The molecule has 0 saturated carbocycles. The van der Waals surface area contributed by atoms with Crippen LogP contribution in [0.15, 0.2) is 0 Å². The Morgan fingerprint density at radius 3 is 2.07 bits per heavy atom. The summed E-state index contributed by atoms with van der Waals surface area (Å²) in [4.78, 5) is 0.668. The Morgan fingerprint density at radius 1 is 1.07 bits per heavy atom. The molecule has 2 heteroatoms. The minimum atomic E-state index is 0.668. The first-order chi connectivity index (χ1) is 6.97. The number of hydrogen-bond donors (Lipinski definition) is 0. The van der Waals surface area contributed by atoms with Crippen LogP contribution >= 0.6 is 38.5 Å². The quantitative estimate of drug-likeness (QED) is 0.363. The van der Waals surface area contributed by atoms with Crippen molar-refractivity contribution in [3.05, 3.63) is 0 Å². The normalized spacial score (nSPS) is 19.6. The van der Waals surface area contributed by atoms with Gasteiger partial charge in [-0.25, -0.2) is 0 Å². The summed E-state index contributed by atoms with van der Waals surface area (Å²) in [7, 11) is 0. The Bertz CT molecular complexity index is 145. The third kappa shape index (κ3) is 8.96. The van der Waals surface area contributed by atoms with Gasteiger partial charge in [-0.2, -0.15) is 0 Å². The van der Waals surface area contributed by atoms with Gasteiger partial charge in [0, 0.05) is 8.75 Å². The molecule has 0 aliphatic rings. The largest absolute Gasteiger partial charge is 0.0894 e. The van der Waals surface area contributed by atoms with Gasteiger partial charge < -0.3 is 0 Å². The summed E-state index contributed by atoms with van der Waals surface area (Å²) in [5, 5.41) is 0. The van der Waals surface area contributed by atoms with Crippen LogP contribution in [0.4, 0.5) is 0 Å². The Labute approximate surface area is 118 Å².